The predicted molar refractivity (Wildman–Crippen MR) is 125 cm³/mol. The highest BCUT2D eigenvalue weighted by Crippen LogP contribution is 2.40. The maximum Gasteiger partial charge on any atom is 0.352 e. The molecule has 4 heterocycles. The normalized spacial score (nSPS) is 19.7. The van der Waals surface area contributed by atoms with E-state index in [1.165, 1.54) is 16.7 Å². The zero-order valence-electron chi connectivity index (χ0n) is 18.7. The largest absolute Gasteiger partial charge is 0.491 e. The van der Waals surface area contributed by atoms with Crippen LogP contribution in [0.2, 0.25) is 0 Å². The Morgan fingerprint density at radius 1 is 1.46 bits per heavy atom. The SMILES string of the molecule is CCON=C(C(=O)NC1C(=O)N2C(C(=O)O)=C(C[n+]3cccc(OC)c3)CS[C@@H]12)c1nsc(N)n1. The summed E-state index contributed by atoms with van der Waals surface area (Å²) in [7, 11) is 1.54. The Bertz CT molecular complexity index is 1230. The number of rotatable bonds is 9. The molecule has 0 aliphatic carbocycles. The lowest BCUT2D eigenvalue weighted by Gasteiger charge is -2.49. The van der Waals surface area contributed by atoms with Crippen molar-refractivity contribution in [3.05, 3.63) is 41.6 Å². The lowest BCUT2D eigenvalue weighted by Crippen LogP contribution is -2.71. The van der Waals surface area contributed by atoms with Gasteiger partial charge >= 0.3 is 5.97 Å². The fraction of sp³-hybridized carbons (Fsp3) is 0.350. The van der Waals surface area contributed by atoms with Gasteiger partial charge in [0.15, 0.2) is 23.6 Å². The summed E-state index contributed by atoms with van der Waals surface area (Å²) in [5.74, 6) is -1.53. The van der Waals surface area contributed by atoms with Crippen molar-refractivity contribution in [1.82, 2.24) is 19.6 Å². The second kappa shape index (κ2) is 10.3. The van der Waals surface area contributed by atoms with E-state index in [1.807, 2.05) is 0 Å². The molecule has 184 valence electrons. The molecule has 2 amide bonds. The molecule has 2 aromatic rings. The number of carboxylic acid groups (broad SMARTS) is 1. The van der Waals surface area contributed by atoms with Crippen molar-refractivity contribution in [1.29, 1.82) is 0 Å². The first-order valence-electron chi connectivity index (χ1n) is 10.4. The van der Waals surface area contributed by atoms with Crippen molar-refractivity contribution in [3.63, 3.8) is 0 Å². The number of ether oxygens (including phenoxy) is 1. The first kappa shape index (κ1) is 24.4. The number of β-lactam (4-membered cyclic amide) rings is 1. The number of fused-ring (bicyclic) bond motifs is 1. The van der Waals surface area contributed by atoms with E-state index >= 15 is 0 Å². The number of hydrogen-bond donors (Lipinski definition) is 3. The molecule has 13 nitrogen and oxygen atoms in total. The highest BCUT2D eigenvalue weighted by molar-refractivity contribution is 8.00. The molecule has 0 saturated carbocycles. The van der Waals surface area contributed by atoms with Crippen molar-refractivity contribution >= 4 is 51.9 Å². The van der Waals surface area contributed by atoms with Crippen LogP contribution in [0.5, 0.6) is 5.75 Å². The van der Waals surface area contributed by atoms with Crippen LogP contribution < -0.4 is 20.4 Å². The van der Waals surface area contributed by atoms with Crippen LogP contribution in [0.3, 0.4) is 0 Å². The molecule has 35 heavy (non-hydrogen) atoms. The van der Waals surface area contributed by atoms with E-state index in [-0.39, 0.29) is 35.5 Å². The summed E-state index contributed by atoms with van der Waals surface area (Å²) in [6.45, 7) is 2.16. The third kappa shape index (κ3) is 4.90. The van der Waals surface area contributed by atoms with E-state index in [0.717, 1.165) is 11.5 Å². The maximum absolute atomic E-state index is 13.0. The van der Waals surface area contributed by atoms with E-state index in [9.17, 15) is 19.5 Å². The summed E-state index contributed by atoms with van der Waals surface area (Å²) in [6.07, 6.45) is 3.52. The number of aromatic nitrogens is 3. The topological polar surface area (TPSA) is 173 Å². The molecule has 2 aromatic heterocycles. The van der Waals surface area contributed by atoms with Gasteiger partial charge in [0.1, 0.15) is 23.7 Å². The number of carboxylic acids is 1. The van der Waals surface area contributed by atoms with E-state index < -0.39 is 29.2 Å². The highest BCUT2D eigenvalue weighted by atomic mass is 32.2. The Morgan fingerprint density at radius 3 is 2.91 bits per heavy atom. The van der Waals surface area contributed by atoms with Crippen LogP contribution in [-0.4, -0.2) is 73.7 Å². The molecule has 2 aliphatic heterocycles. The van der Waals surface area contributed by atoms with Gasteiger partial charge in [0.05, 0.1) is 7.11 Å². The van der Waals surface area contributed by atoms with Gasteiger partial charge in [0.25, 0.3) is 11.8 Å². The number of amides is 2. The maximum atomic E-state index is 13.0. The number of thioether (sulfide) groups is 1. The van der Waals surface area contributed by atoms with E-state index in [2.05, 4.69) is 19.8 Å². The minimum absolute atomic E-state index is 0.0258. The van der Waals surface area contributed by atoms with Crippen LogP contribution in [-0.2, 0) is 25.8 Å². The minimum Gasteiger partial charge on any atom is -0.491 e. The average Bonchev–Trinajstić information content (AvgIpc) is 3.28. The number of pyridine rings is 1. The summed E-state index contributed by atoms with van der Waals surface area (Å²) >= 11 is 2.25. The molecule has 0 bridgehead atoms. The molecule has 2 atom stereocenters. The molecular formula is C20H22N7O6S2+. The summed E-state index contributed by atoms with van der Waals surface area (Å²) in [5, 5.41) is 15.8. The molecule has 0 aromatic carbocycles. The van der Waals surface area contributed by atoms with Crippen LogP contribution in [0.15, 0.2) is 41.0 Å². The van der Waals surface area contributed by atoms with Crippen LogP contribution in [0.25, 0.3) is 0 Å². The van der Waals surface area contributed by atoms with Gasteiger partial charge in [0.2, 0.25) is 17.7 Å². The number of nitrogen functional groups attached to an aromatic ring is 1. The molecule has 0 radical (unpaired) electrons. The second-order valence-corrected chi connectivity index (χ2v) is 9.24. The molecule has 4 N–H and O–H groups in total. The van der Waals surface area contributed by atoms with Gasteiger partial charge in [-0.1, -0.05) is 5.16 Å². The van der Waals surface area contributed by atoms with Gasteiger partial charge in [-0.3, -0.25) is 14.5 Å². The van der Waals surface area contributed by atoms with E-state index in [1.54, 1.807) is 43.1 Å². The second-order valence-electron chi connectivity index (χ2n) is 7.35. The van der Waals surface area contributed by atoms with Crippen molar-refractivity contribution in [2.45, 2.75) is 24.9 Å². The Hall–Kier alpha value is -3.72. The quantitative estimate of drug-likeness (QED) is 0.171. The minimum atomic E-state index is -1.22. The molecule has 1 saturated heterocycles. The summed E-state index contributed by atoms with van der Waals surface area (Å²) in [5.41, 5.74) is 5.86. The van der Waals surface area contributed by atoms with Crippen molar-refractivity contribution in [3.8, 4) is 5.75 Å². The zero-order valence-corrected chi connectivity index (χ0v) is 20.3. The van der Waals surface area contributed by atoms with Crippen molar-refractivity contribution < 1.29 is 33.6 Å². The molecule has 2 aliphatic rings. The number of nitrogens with two attached hydrogens (primary N) is 1. The molecule has 4 rings (SSSR count). The number of hydrogen-bond acceptors (Lipinski definition) is 11. The van der Waals surface area contributed by atoms with Crippen LogP contribution in [0.1, 0.15) is 12.7 Å². The molecule has 15 heteroatoms. The number of nitrogens with zero attached hydrogens (tertiary/aromatic N) is 5. The Balaban J connectivity index is 1.53. The Kier molecular flexibility index (Phi) is 7.16. The summed E-state index contributed by atoms with van der Waals surface area (Å²) in [4.78, 5) is 48.1. The molecule has 1 fully saturated rings. The average molecular weight is 521 g/mol. The monoisotopic (exact) mass is 520 g/mol. The lowest BCUT2D eigenvalue weighted by atomic mass is 10.0. The third-order valence-electron chi connectivity index (χ3n) is 5.13. The van der Waals surface area contributed by atoms with Crippen LogP contribution in [0, 0.1) is 0 Å². The predicted octanol–water partition coefficient (Wildman–Crippen LogP) is -0.404. The third-order valence-corrected chi connectivity index (χ3v) is 7.01. The Labute approximate surface area is 207 Å². The van der Waals surface area contributed by atoms with Gasteiger partial charge in [-0.05, 0) is 13.0 Å². The number of oxime groups is 1. The zero-order chi connectivity index (χ0) is 25.1. The van der Waals surface area contributed by atoms with E-state index in [0.29, 0.717) is 17.1 Å². The van der Waals surface area contributed by atoms with Crippen molar-refractivity contribution in [2.75, 3.05) is 25.2 Å². The number of carbonyl (C=O) groups excluding carboxylic acids is 2. The van der Waals surface area contributed by atoms with Gasteiger partial charge in [-0.25, -0.2) is 4.79 Å². The van der Waals surface area contributed by atoms with Gasteiger partial charge in [-0.15, -0.1) is 11.8 Å². The summed E-state index contributed by atoms with van der Waals surface area (Å²) in [6, 6.07) is 2.61. The summed E-state index contributed by atoms with van der Waals surface area (Å²) < 4.78 is 11.0. The number of methoxy groups -OCH3 is 1. The van der Waals surface area contributed by atoms with E-state index in [4.69, 9.17) is 15.3 Å². The first-order chi connectivity index (χ1) is 16.8. The molecular weight excluding hydrogens is 498 g/mol. The van der Waals surface area contributed by atoms with Crippen LogP contribution in [0.4, 0.5) is 5.13 Å². The fourth-order valence-corrected chi connectivity index (χ4v) is 5.37. The molecule has 0 spiro atoms. The fourth-order valence-electron chi connectivity index (χ4n) is 3.60. The van der Waals surface area contributed by atoms with Crippen LogP contribution >= 0.6 is 23.3 Å². The number of nitrogens with one attached hydrogen (secondary N) is 1. The smallest absolute Gasteiger partial charge is 0.352 e. The van der Waals surface area contributed by atoms with Gasteiger partial charge < -0.3 is 25.7 Å². The van der Waals surface area contributed by atoms with Gasteiger partial charge in [-0.2, -0.15) is 13.9 Å². The molecule has 1 unspecified atom stereocenters. The number of anilines is 1. The van der Waals surface area contributed by atoms with Gasteiger partial charge in [0, 0.05) is 28.9 Å². The Morgan fingerprint density at radius 2 is 2.26 bits per heavy atom. The highest BCUT2D eigenvalue weighted by Gasteiger charge is 2.54. The number of aliphatic carboxylic acids is 1. The first-order valence-corrected chi connectivity index (χ1v) is 12.2. The standard InChI is InChI=1S/C20H21N7O6S2/c1-3-33-24-12(15-23-20(21)35-25-15)16(28)22-13-17(29)27-14(19(30)31)10(9-34-18(13)27)7-26-6-4-5-11(8-26)32-2/h4-6,8,13,18H,3,7,9H2,1-2H3,(H3-,21,22,23,25,28,30,31)/p+1/t13?,18-/m0/s1. The van der Waals surface area contributed by atoms with Crippen molar-refractivity contribution in [2.24, 2.45) is 5.16 Å². The number of carbonyl (C=O) groups is 3. The lowest BCUT2D eigenvalue weighted by molar-refractivity contribution is -0.689.